The first-order valence-electron chi connectivity index (χ1n) is 9.46. The third-order valence-electron chi connectivity index (χ3n) is 5.99. The highest BCUT2D eigenvalue weighted by Crippen LogP contribution is 2.42. The second-order valence-corrected chi connectivity index (χ2v) is 7.48. The maximum atomic E-state index is 12.4. The summed E-state index contributed by atoms with van der Waals surface area (Å²) < 4.78 is 3.55. The van der Waals surface area contributed by atoms with Gasteiger partial charge in [0.15, 0.2) is 0 Å². The lowest BCUT2D eigenvalue weighted by molar-refractivity contribution is 0.132. The summed E-state index contributed by atoms with van der Waals surface area (Å²) >= 11 is 0. The molecule has 2 aliphatic heterocycles. The summed E-state index contributed by atoms with van der Waals surface area (Å²) in [4.78, 5) is 14.8. The molecule has 2 aliphatic rings. The Morgan fingerprint density at radius 3 is 3.00 bits per heavy atom. The molecule has 5 rings (SSSR count). The number of aromatic nitrogens is 5. The van der Waals surface area contributed by atoms with Gasteiger partial charge < -0.3 is 14.6 Å². The molecular weight excluding hydrogens is 344 g/mol. The summed E-state index contributed by atoms with van der Waals surface area (Å²) in [7, 11) is 0. The van der Waals surface area contributed by atoms with Crippen LogP contribution >= 0.6 is 0 Å². The van der Waals surface area contributed by atoms with Gasteiger partial charge in [0.1, 0.15) is 6.33 Å². The van der Waals surface area contributed by atoms with Crippen LogP contribution in [0, 0.1) is 5.92 Å². The second-order valence-electron chi connectivity index (χ2n) is 7.48. The van der Waals surface area contributed by atoms with Crippen molar-refractivity contribution in [2.45, 2.75) is 31.7 Å². The Balaban J connectivity index is 1.61. The molecule has 0 unspecified atom stereocenters. The van der Waals surface area contributed by atoms with Crippen LogP contribution in [0.25, 0.3) is 5.65 Å². The van der Waals surface area contributed by atoms with Crippen molar-refractivity contribution < 1.29 is 5.11 Å². The van der Waals surface area contributed by atoms with Crippen LogP contribution in [0.2, 0.25) is 0 Å². The van der Waals surface area contributed by atoms with Crippen LogP contribution in [0.15, 0.2) is 35.4 Å². The fourth-order valence-electron chi connectivity index (χ4n) is 4.74. The standard InChI is InChI=1S/C19H22N6O2/c1-2-14-7-16(19-21-20-11-24(19)22-14)23-8-12-6-13(9-23)17(10-26)25-15(12)4-3-5-18(25)27/h3-5,7,11-13,17,26H,2,6,8-10H2,1H3/t12-,13+,17+/m1/s1. The van der Waals surface area contributed by atoms with Crippen molar-refractivity contribution in [3.8, 4) is 0 Å². The number of rotatable bonds is 3. The molecule has 140 valence electrons. The Hall–Kier alpha value is -2.74. The van der Waals surface area contributed by atoms with Gasteiger partial charge in [0.2, 0.25) is 5.65 Å². The molecule has 0 spiro atoms. The molecule has 8 heteroatoms. The number of hydrogen-bond acceptors (Lipinski definition) is 6. The molecule has 0 aliphatic carbocycles. The van der Waals surface area contributed by atoms with Gasteiger partial charge >= 0.3 is 0 Å². The molecule has 2 bridgehead atoms. The monoisotopic (exact) mass is 366 g/mol. The fraction of sp³-hybridized carbons (Fsp3) is 0.474. The molecule has 0 radical (unpaired) electrons. The molecule has 0 amide bonds. The van der Waals surface area contributed by atoms with Crippen molar-refractivity contribution in [2.24, 2.45) is 5.92 Å². The summed E-state index contributed by atoms with van der Waals surface area (Å²) in [6.45, 7) is 3.64. The van der Waals surface area contributed by atoms with E-state index in [1.807, 2.05) is 16.7 Å². The van der Waals surface area contributed by atoms with Crippen molar-refractivity contribution in [3.63, 3.8) is 0 Å². The van der Waals surface area contributed by atoms with Crippen LogP contribution in [0.5, 0.6) is 0 Å². The van der Waals surface area contributed by atoms with E-state index in [0.29, 0.717) is 0 Å². The van der Waals surface area contributed by atoms with E-state index in [0.717, 1.165) is 48.7 Å². The van der Waals surface area contributed by atoms with Crippen molar-refractivity contribution in [3.05, 3.63) is 52.3 Å². The molecule has 1 fully saturated rings. The molecule has 3 aromatic heterocycles. The Morgan fingerprint density at radius 1 is 1.30 bits per heavy atom. The third-order valence-corrected chi connectivity index (χ3v) is 5.99. The maximum Gasteiger partial charge on any atom is 0.251 e. The summed E-state index contributed by atoms with van der Waals surface area (Å²) in [5, 5.41) is 22.9. The van der Waals surface area contributed by atoms with Crippen LogP contribution in [0.3, 0.4) is 0 Å². The Bertz CT molecular complexity index is 1060. The minimum absolute atomic E-state index is 0.0215. The van der Waals surface area contributed by atoms with E-state index in [4.69, 9.17) is 0 Å². The van der Waals surface area contributed by atoms with Gasteiger partial charge in [-0.15, -0.1) is 10.2 Å². The summed E-state index contributed by atoms with van der Waals surface area (Å²) in [6.07, 6.45) is 3.45. The van der Waals surface area contributed by atoms with Gasteiger partial charge in [-0.25, -0.2) is 0 Å². The van der Waals surface area contributed by atoms with E-state index in [1.54, 1.807) is 16.9 Å². The van der Waals surface area contributed by atoms with Gasteiger partial charge in [-0.1, -0.05) is 13.0 Å². The number of nitrogens with zero attached hydrogens (tertiary/aromatic N) is 6. The summed E-state index contributed by atoms with van der Waals surface area (Å²) in [5.74, 6) is 0.462. The zero-order valence-corrected chi connectivity index (χ0v) is 15.2. The number of pyridine rings is 1. The molecule has 1 saturated heterocycles. The fourth-order valence-corrected chi connectivity index (χ4v) is 4.74. The predicted octanol–water partition coefficient (Wildman–Crippen LogP) is 1.01. The van der Waals surface area contributed by atoms with Crippen molar-refractivity contribution in [2.75, 3.05) is 24.6 Å². The van der Waals surface area contributed by atoms with Gasteiger partial charge in [0, 0.05) is 36.7 Å². The number of anilines is 1. The molecular formula is C19H22N6O2. The number of hydrogen-bond donors (Lipinski definition) is 1. The van der Waals surface area contributed by atoms with Gasteiger partial charge in [-0.05, 0) is 25.0 Å². The minimum atomic E-state index is -0.186. The Morgan fingerprint density at radius 2 is 2.19 bits per heavy atom. The first-order chi connectivity index (χ1) is 13.2. The van der Waals surface area contributed by atoms with Crippen LogP contribution in [-0.4, -0.2) is 49.2 Å². The number of aliphatic hydroxyl groups excluding tert-OH is 1. The zero-order chi connectivity index (χ0) is 18.5. The third kappa shape index (κ3) is 2.47. The highest BCUT2D eigenvalue weighted by molar-refractivity contribution is 5.68. The van der Waals surface area contributed by atoms with E-state index >= 15 is 0 Å². The van der Waals surface area contributed by atoms with E-state index in [2.05, 4.69) is 33.2 Å². The number of fused-ring (bicyclic) bond motifs is 5. The maximum absolute atomic E-state index is 12.4. The topological polar surface area (TPSA) is 88.5 Å². The SMILES string of the molecule is CCc1cc(N2C[C@H]3C[C@@H](C2)[C@H](CO)n2c3cccc2=O)c2nncn2n1. The normalized spacial score (nSPS) is 24.2. The molecule has 27 heavy (non-hydrogen) atoms. The van der Waals surface area contributed by atoms with Gasteiger partial charge in [0.05, 0.1) is 24.0 Å². The molecule has 5 heterocycles. The highest BCUT2D eigenvalue weighted by atomic mass is 16.3. The number of aliphatic hydroxyl groups is 1. The van der Waals surface area contributed by atoms with Crippen molar-refractivity contribution in [1.82, 2.24) is 24.4 Å². The lowest BCUT2D eigenvalue weighted by atomic mass is 9.78. The summed E-state index contributed by atoms with van der Waals surface area (Å²) in [6, 6.07) is 7.33. The van der Waals surface area contributed by atoms with Gasteiger partial charge in [-0.2, -0.15) is 9.61 Å². The van der Waals surface area contributed by atoms with Gasteiger partial charge in [-0.3, -0.25) is 4.79 Å². The lowest BCUT2D eigenvalue weighted by Crippen LogP contribution is -2.50. The Kier molecular flexibility index (Phi) is 3.75. The number of piperidine rings is 1. The molecule has 1 N–H and O–H groups in total. The first kappa shape index (κ1) is 16.4. The zero-order valence-electron chi connectivity index (χ0n) is 15.2. The molecule has 0 aromatic carbocycles. The minimum Gasteiger partial charge on any atom is -0.394 e. The van der Waals surface area contributed by atoms with Gasteiger partial charge in [0.25, 0.3) is 5.56 Å². The largest absolute Gasteiger partial charge is 0.394 e. The van der Waals surface area contributed by atoms with Crippen LogP contribution in [0.4, 0.5) is 5.69 Å². The van der Waals surface area contributed by atoms with Crippen molar-refractivity contribution >= 4 is 11.3 Å². The first-order valence-corrected chi connectivity index (χ1v) is 9.46. The molecule has 8 nitrogen and oxygen atoms in total. The van der Waals surface area contributed by atoms with E-state index in [1.165, 1.54) is 0 Å². The smallest absolute Gasteiger partial charge is 0.251 e. The average Bonchev–Trinajstić information content (AvgIpc) is 3.16. The average molecular weight is 366 g/mol. The predicted molar refractivity (Wildman–Crippen MR) is 100 cm³/mol. The quantitative estimate of drug-likeness (QED) is 0.744. The highest BCUT2D eigenvalue weighted by Gasteiger charge is 2.40. The van der Waals surface area contributed by atoms with Crippen LogP contribution in [-0.2, 0) is 6.42 Å². The Labute approximate surface area is 156 Å². The van der Waals surface area contributed by atoms with E-state index < -0.39 is 0 Å². The molecule has 3 atom stereocenters. The summed E-state index contributed by atoms with van der Waals surface area (Å²) in [5.41, 5.74) is 3.76. The molecule has 3 aromatic rings. The van der Waals surface area contributed by atoms with E-state index in [9.17, 15) is 9.90 Å². The lowest BCUT2D eigenvalue weighted by Gasteiger charge is -2.47. The molecule has 0 saturated carbocycles. The number of aryl methyl sites for hydroxylation is 1. The van der Waals surface area contributed by atoms with Crippen LogP contribution in [0.1, 0.15) is 36.7 Å². The van der Waals surface area contributed by atoms with Crippen LogP contribution < -0.4 is 10.5 Å². The van der Waals surface area contributed by atoms with E-state index in [-0.39, 0.29) is 30.0 Å². The second kappa shape index (κ2) is 6.16. The van der Waals surface area contributed by atoms with Crippen molar-refractivity contribution in [1.29, 1.82) is 0 Å².